The summed E-state index contributed by atoms with van der Waals surface area (Å²) in [5.74, 6) is 0.865. The summed E-state index contributed by atoms with van der Waals surface area (Å²) in [5.41, 5.74) is 0. The first kappa shape index (κ1) is 17.0. The lowest BCUT2D eigenvalue weighted by Crippen LogP contribution is -2.36. The zero-order valence-electron chi connectivity index (χ0n) is 13.4. The predicted molar refractivity (Wildman–Crippen MR) is 83.6 cm³/mol. The summed E-state index contributed by atoms with van der Waals surface area (Å²) in [4.78, 5) is 0. The average Bonchev–Trinajstić information content (AvgIpc) is 2.92. The maximum absolute atomic E-state index is 5.73. The SMILES string of the molecule is CCCCC(CC)C(CCCC1CCCO1)NCC. The van der Waals surface area contributed by atoms with Crippen molar-refractivity contribution < 1.29 is 4.74 Å². The third kappa shape index (κ3) is 6.76. The van der Waals surface area contributed by atoms with E-state index in [0.717, 1.165) is 25.1 Å². The van der Waals surface area contributed by atoms with Gasteiger partial charge >= 0.3 is 0 Å². The zero-order chi connectivity index (χ0) is 13.9. The molecule has 0 spiro atoms. The molecule has 0 bridgehead atoms. The third-order valence-corrected chi connectivity index (χ3v) is 4.55. The van der Waals surface area contributed by atoms with E-state index in [1.807, 2.05) is 0 Å². The maximum Gasteiger partial charge on any atom is 0.0576 e. The van der Waals surface area contributed by atoms with Crippen LogP contribution in [0.5, 0.6) is 0 Å². The Labute approximate surface area is 120 Å². The van der Waals surface area contributed by atoms with Gasteiger partial charge in [-0.3, -0.25) is 0 Å². The Balaban J connectivity index is 2.27. The van der Waals surface area contributed by atoms with Gasteiger partial charge in [-0.15, -0.1) is 0 Å². The van der Waals surface area contributed by atoms with Gasteiger partial charge in [-0.2, -0.15) is 0 Å². The van der Waals surface area contributed by atoms with Crippen LogP contribution in [-0.4, -0.2) is 25.3 Å². The summed E-state index contributed by atoms with van der Waals surface area (Å²) in [5, 5.41) is 3.73. The molecule has 114 valence electrons. The van der Waals surface area contributed by atoms with Gasteiger partial charge in [0, 0.05) is 12.6 Å². The van der Waals surface area contributed by atoms with Crippen LogP contribution >= 0.6 is 0 Å². The number of nitrogens with one attached hydrogen (secondary N) is 1. The lowest BCUT2D eigenvalue weighted by molar-refractivity contribution is 0.100. The van der Waals surface area contributed by atoms with Gasteiger partial charge in [-0.05, 0) is 51.0 Å². The highest BCUT2D eigenvalue weighted by Gasteiger charge is 2.20. The summed E-state index contributed by atoms with van der Waals surface area (Å²) in [6.07, 6.45) is 12.5. The molecule has 0 aromatic carbocycles. The van der Waals surface area contributed by atoms with Crippen molar-refractivity contribution in [2.45, 2.75) is 90.7 Å². The summed E-state index contributed by atoms with van der Waals surface area (Å²) in [7, 11) is 0. The van der Waals surface area contributed by atoms with Crippen LogP contribution in [0.25, 0.3) is 0 Å². The molecule has 0 aromatic rings. The molecule has 1 aliphatic heterocycles. The van der Waals surface area contributed by atoms with Gasteiger partial charge in [0.25, 0.3) is 0 Å². The van der Waals surface area contributed by atoms with E-state index < -0.39 is 0 Å². The van der Waals surface area contributed by atoms with Crippen LogP contribution in [0.4, 0.5) is 0 Å². The molecule has 2 nitrogen and oxygen atoms in total. The first-order valence-electron chi connectivity index (χ1n) is 8.66. The molecule has 3 atom stereocenters. The lowest BCUT2D eigenvalue weighted by atomic mass is 9.88. The summed E-state index contributed by atoms with van der Waals surface area (Å²) < 4.78 is 5.73. The number of ether oxygens (including phenoxy) is 1. The molecule has 1 heterocycles. The van der Waals surface area contributed by atoms with Crippen molar-refractivity contribution >= 4 is 0 Å². The molecule has 0 aliphatic carbocycles. The smallest absolute Gasteiger partial charge is 0.0576 e. The van der Waals surface area contributed by atoms with Gasteiger partial charge in [-0.1, -0.05) is 40.0 Å². The largest absolute Gasteiger partial charge is 0.378 e. The van der Waals surface area contributed by atoms with Crippen LogP contribution in [0.15, 0.2) is 0 Å². The lowest BCUT2D eigenvalue weighted by Gasteiger charge is -2.27. The van der Waals surface area contributed by atoms with Gasteiger partial charge in [0.2, 0.25) is 0 Å². The van der Waals surface area contributed by atoms with Crippen molar-refractivity contribution in [2.75, 3.05) is 13.2 Å². The summed E-state index contributed by atoms with van der Waals surface area (Å²) in [6, 6.07) is 0.725. The van der Waals surface area contributed by atoms with Gasteiger partial charge in [0.1, 0.15) is 0 Å². The number of unbranched alkanes of at least 4 members (excludes halogenated alkanes) is 1. The molecule has 0 amide bonds. The van der Waals surface area contributed by atoms with Crippen LogP contribution in [0, 0.1) is 5.92 Å². The van der Waals surface area contributed by atoms with Crippen LogP contribution in [-0.2, 0) is 4.74 Å². The third-order valence-electron chi connectivity index (χ3n) is 4.55. The minimum absolute atomic E-state index is 0.568. The highest BCUT2D eigenvalue weighted by molar-refractivity contribution is 4.76. The van der Waals surface area contributed by atoms with Crippen molar-refractivity contribution in [1.29, 1.82) is 0 Å². The highest BCUT2D eigenvalue weighted by Crippen LogP contribution is 2.23. The first-order valence-corrected chi connectivity index (χ1v) is 8.66. The Kier molecular flexibility index (Phi) is 9.54. The fourth-order valence-electron chi connectivity index (χ4n) is 3.36. The molecule has 19 heavy (non-hydrogen) atoms. The molecule has 1 rings (SSSR count). The molecule has 1 fully saturated rings. The quantitative estimate of drug-likeness (QED) is 0.595. The zero-order valence-corrected chi connectivity index (χ0v) is 13.4. The van der Waals surface area contributed by atoms with Crippen LogP contribution in [0.1, 0.15) is 78.6 Å². The van der Waals surface area contributed by atoms with Crippen molar-refractivity contribution in [3.63, 3.8) is 0 Å². The fourth-order valence-corrected chi connectivity index (χ4v) is 3.36. The molecule has 0 saturated carbocycles. The molecular weight excluding hydrogens is 234 g/mol. The summed E-state index contributed by atoms with van der Waals surface area (Å²) >= 11 is 0. The Morgan fingerprint density at radius 2 is 2.00 bits per heavy atom. The van der Waals surface area contributed by atoms with E-state index in [1.165, 1.54) is 57.8 Å². The van der Waals surface area contributed by atoms with Crippen molar-refractivity contribution in [3.05, 3.63) is 0 Å². The van der Waals surface area contributed by atoms with E-state index in [0.29, 0.717) is 6.10 Å². The van der Waals surface area contributed by atoms with E-state index in [1.54, 1.807) is 0 Å². The van der Waals surface area contributed by atoms with E-state index in [4.69, 9.17) is 4.74 Å². The fraction of sp³-hybridized carbons (Fsp3) is 1.00. The van der Waals surface area contributed by atoms with E-state index in [-0.39, 0.29) is 0 Å². The molecular formula is C17H35NO. The van der Waals surface area contributed by atoms with Gasteiger partial charge in [-0.25, -0.2) is 0 Å². The Morgan fingerprint density at radius 1 is 1.16 bits per heavy atom. The second kappa shape index (κ2) is 10.7. The van der Waals surface area contributed by atoms with Crippen molar-refractivity contribution in [2.24, 2.45) is 5.92 Å². The average molecular weight is 269 g/mol. The van der Waals surface area contributed by atoms with Crippen LogP contribution in [0.3, 0.4) is 0 Å². The molecule has 1 saturated heterocycles. The molecule has 3 unspecified atom stereocenters. The minimum atomic E-state index is 0.568. The predicted octanol–water partition coefficient (Wildman–Crippen LogP) is 4.53. The maximum atomic E-state index is 5.73. The van der Waals surface area contributed by atoms with E-state index in [2.05, 4.69) is 26.1 Å². The normalized spacial score (nSPS) is 22.6. The highest BCUT2D eigenvalue weighted by atomic mass is 16.5. The molecule has 2 heteroatoms. The minimum Gasteiger partial charge on any atom is -0.378 e. The molecule has 0 radical (unpaired) electrons. The Hall–Kier alpha value is -0.0800. The monoisotopic (exact) mass is 269 g/mol. The topological polar surface area (TPSA) is 21.3 Å². The van der Waals surface area contributed by atoms with E-state index in [9.17, 15) is 0 Å². The van der Waals surface area contributed by atoms with Crippen molar-refractivity contribution in [3.8, 4) is 0 Å². The van der Waals surface area contributed by atoms with E-state index >= 15 is 0 Å². The summed E-state index contributed by atoms with van der Waals surface area (Å²) in [6.45, 7) is 8.99. The molecule has 1 aliphatic rings. The number of hydrogen-bond acceptors (Lipinski definition) is 2. The number of hydrogen-bond donors (Lipinski definition) is 1. The van der Waals surface area contributed by atoms with Gasteiger partial charge in [0.05, 0.1) is 6.10 Å². The van der Waals surface area contributed by atoms with Crippen molar-refractivity contribution in [1.82, 2.24) is 5.32 Å². The van der Waals surface area contributed by atoms with Crippen LogP contribution < -0.4 is 5.32 Å². The molecule has 1 N–H and O–H groups in total. The number of rotatable bonds is 11. The van der Waals surface area contributed by atoms with Gasteiger partial charge < -0.3 is 10.1 Å². The second-order valence-corrected chi connectivity index (χ2v) is 6.04. The Bertz CT molecular complexity index is 201. The Morgan fingerprint density at radius 3 is 2.58 bits per heavy atom. The first-order chi connectivity index (χ1) is 9.31. The second-order valence-electron chi connectivity index (χ2n) is 6.04. The molecule has 0 aromatic heterocycles. The van der Waals surface area contributed by atoms with Gasteiger partial charge in [0.15, 0.2) is 0 Å². The van der Waals surface area contributed by atoms with Crippen LogP contribution in [0.2, 0.25) is 0 Å². The standard InChI is InChI=1S/C17H35NO/c1-4-7-10-15(5-2)17(18-6-3)13-8-11-16-12-9-14-19-16/h15-18H,4-14H2,1-3H3.